The van der Waals surface area contributed by atoms with Crippen molar-refractivity contribution in [3.05, 3.63) is 12.4 Å². The van der Waals surface area contributed by atoms with Crippen molar-refractivity contribution >= 4 is 0 Å². The van der Waals surface area contributed by atoms with Crippen LogP contribution in [0, 0.1) is 5.92 Å². The number of quaternary nitrogens is 1. The molecule has 1 aliphatic rings. The molecule has 1 atom stereocenters. The summed E-state index contributed by atoms with van der Waals surface area (Å²) in [5, 5.41) is 0. The molecule has 0 aliphatic carbocycles. The van der Waals surface area contributed by atoms with Crippen LogP contribution < -0.4 is 4.90 Å². The first kappa shape index (κ1) is 8.60. The molecule has 0 amide bonds. The van der Waals surface area contributed by atoms with Crippen LogP contribution in [0.15, 0.2) is 12.4 Å². The molecule has 0 aromatic rings. The molecule has 1 N–H and O–H groups in total. The van der Waals surface area contributed by atoms with Gasteiger partial charge in [-0.3, -0.25) is 4.90 Å². The molecular weight excluding hydrogens is 136 g/mol. The van der Waals surface area contributed by atoms with Crippen molar-refractivity contribution in [2.45, 2.75) is 20.8 Å². The fourth-order valence-electron chi connectivity index (χ4n) is 1.40. The summed E-state index contributed by atoms with van der Waals surface area (Å²) < 4.78 is 0. The van der Waals surface area contributed by atoms with Crippen molar-refractivity contribution in [2.75, 3.05) is 19.8 Å². The first-order valence-corrected chi connectivity index (χ1v) is 4.49. The minimum atomic E-state index is 0.774. The van der Waals surface area contributed by atoms with Crippen LogP contribution in [0.3, 0.4) is 0 Å². The third-order valence-electron chi connectivity index (χ3n) is 1.98. The predicted molar refractivity (Wildman–Crippen MR) is 47.1 cm³/mol. The van der Waals surface area contributed by atoms with Crippen molar-refractivity contribution in [3.8, 4) is 0 Å². The second kappa shape index (κ2) is 3.77. The molecule has 11 heavy (non-hydrogen) atoms. The summed E-state index contributed by atoms with van der Waals surface area (Å²) in [6, 6.07) is 0. The largest absolute Gasteiger partial charge is 0.326 e. The maximum Gasteiger partial charge on any atom is 0.156 e. The molecule has 2 nitrogen and oxygen atoms in total. The van der Waals surface area contributed by atoms with Crippen LogP contribution in [0.4, 0.5) is 0 Å². The van der Waals surface area contributed by atoms with Gasteiger partial charge in [0.2, 0.25) is 0 Å². The van der Waals surface area contributed by atoms with Crippen molar-refractivity contribution < 1.29 is 4.90 Å². The van der Waals surface area contributed by atoms with Gasteiger partial charge >= 0.3 is 0 Å². The molecule has 2 heteroatoms. The third-order valence-corrected chi connectivity index (χ3v) is 1.98. The van der Waals surface area contributed by atoms with Crippen LogP contribution in [0.2, 0.25) is 0 Å². The van der Waals surface area contributed by atoms with E-state index in [1.54, 1.807) is 4.90 Å². The lowest BCUT2D eigenvalue weighted by atomic mass is 10.2. The Morgan fingerprint density at radius 1 is 1.55 bits per heavy atom. The molecule has 0 aromatic carbocycles. The van der Waals surface area contributed by atoms with Crippen LogP contribution in [0.5, 0.6) is 0 Å². The molecule has 0 fully saturated rings. The van der Waals surface area contributed by atoms with Crippen LogP contribution >= 0.6 is 0 Å². The Hall–Kier alpha value is -0.500. The Kier molecular flexibility index (Phi) is 2.94. The second-order valence-corrected chi connectivity index (χ2v) is 3.65. The molecule has 0 bridgehead atoms. The van der Waals surface area contributed by atoms with E-state index < -0.39 is 0 Å². The average molecular weight is 155 g/mol. The summed E-state index contributed by atoms with van der Waals surface area (Å²) in [7, 11) is 0. The summed E-state index contributed by atoms with van der Waals surface area (Å²) in [5.41, 5.74) is 0. The summed E-state index contributed by atoms with van der Waals surface area (Å²) in [5.74, 6) is 0.774. The Labute approximate surface area is 69.5 Å². The fourth-order valence-corrected chi connectivity index (χ4v) is 1.40. The van der Waals surface area contributed by atoms with Crippen LogP contribution in [-0.4, -0.2) is 24.7 Å². The van der Waals surface area contributed by atoms with E-state index in [0.717, 1.165) is 12.6 Å². The van der Waals surface area contributed by atoms with Gasteiger partial charge in [-0.1, -0.05) is 13.8 Å². The number of nitrogens with zero attached hydrogens (tertiary/aromatic N) is 1. The number of hydrogen-bond acceptors (Lipinski definition) is 1. The van der Waals surface area contributed by atoms with Crippen molar-refractivity contribution in [3.63, 3.8) is 0 Å². The molecule has 0 saturated heterocycles. The summed E-state index contributed by atoms with van der Waals surface area (Å²) in [4.78, 5) is 3.95. The highest BCUT2D eigenvalue weighted by atomic mass is 15.3. The molecular formula is C9H19N2+. The predicted octanol–water partition coefficient (Wildman–Crippen LogP) is 0.291. The molecule has 0 saturated carbocycles. The first-order valence-electron chi connectivity index (χ1n) is 4.49. The minimum absolute atomic E-state index is 0.774. The standard InChI is InChI=1S/C9H18N2/c1-4-10-5-6-11(8-10)7-9(2)3/h5-6,9H,4,7-8H2,1-3H3/p+1. The van der Waals surface area contributed by atoms with E-state index >= 15 is 0 Å². The zero-order valence-electron chi connectivity index (χ0n) is 7.80. The molecule has 1 rings (SSSR count). The highest BCUT2D eigenvalue weighted by Gasteiger charge is 2.14. The van der Waals surface area contributed by atoms with E-state index in [1.165, 1.54) is 13.1 Å². The van der Waals surface area contributed by atoms with Gasteiger partial charge in [0.15, 0.2) is 6.67 Å². The fraction of sp³-hybridized carbons (Fsp3) is 0.778. The molecule has 1 aliphatic heterocycles. The van der Waals surface area contributed by atoms with E-state index in [0.29, 0.717) is 0 Å². The summed E-state index contributed by atoms with van der Waals surface area (Å²) in [6.07, 6.45) is 4.47. The lowest BCUT2D eigenvalue weighted by molar-refractivity contribution is -0.846. The Morgan fingerprint density at radius 3 is 2.73 bits per heavy atom. The highest BCUT2D eigenvalue weighted by Crippen LogP contribution is 1.98. The highest BCUT2D eigenvalue weighted by molar-refractivity contribution is 4.78. The van der Waals surface area contributed by atoms with Gasteiger partial charge in [-0.15, -0.1) is 0 Å². The van der Waals surface area contributed by atoms with E-state index in [4.69, 9.17) is 0 Å². The molecule has 1 unspecified atom stereocenters. The maximum absolute atomic E-state index is 2.39. The monoisotopic (exact) mass is 155 g/mol. The van der Waals surface area contributed by atoms with E-state index in [-0.39, 0.29) is 0 Å². The van der Waals surface area contributed by atoms with Crippen molar-refractivity contribution in [1.82, 2.24) is 4.90 Å². The van der Waals surface area contributed by atoms with Crippen LogP contribution in [-0.2, 0) is 0 Å². The van der Waals surface area contributed by atoms with Gasteiger partial charge in [0.1, 0.15) is 6.20 Å². The molecule has 0 spiro atoms. The quantitative estimate of drug-likeness (QED) is 0.615. The summed E-state index contributed by atoms with van der Waals surface area (Å²) in [6.45, 7) is 10.3. The zero-order valence-corrected chi connectivity index (χ0v) is 7.80. The minimum Gasteiger partial charge on any atom is -0.326 e. The Balaban J connectivity index is 2.26. The molecule has 64 valence electrons. The van der Waals surface area contributed by atoms with Gasteiger partial charge < -0.3 is 4.90 Å². The van der Waals surface area contributed by atoms with E-state index in [9.17, 15) is 0 Å². The van der Waals surface area contributed by atoms with Gasteiger partial charge in [0, 0.05) is 6.54 Å². The lowest BCUT2D eigenvalue weighted by Crippen LogP contribution is -3.06. The van der Waals surface area contributed by atoms with Gasteiger partial charge in [0.25, 0.3) is 0 Å². The van der Waals surface area contributed by atoms with Crippen LogP contribution in [0.25, 0.3) is 0 Å². The number of rotatable bonds is 3. The SMILES string of the molecule is CC[NH+]1C=CN(CC(C)C)C1. The molecule has 0 radical (unpaired) electrons. The topological polar surface area (TPSA) is 7.68 Å². The van der Waals surface area contributed by atoms with E-state index in [2.05, 4.69) is 38.1 Å². The average Bonchev–Trinajstić information content (AvgIpc) is 2.34. The normalized spacial score (nSPS) is 23.6. The van der Waals surface area contributed by atoms with Crippen LogP contribution in [0.1, 0.15) is 20.8 Å². The third kappa shape index (κ3) is 2.54. The van der Waals surface area contributed by atoms with Gasteiger partial charge in [0.05, 0.1) is 12.7 Å². The lowest BCUT2D eigenvalue weighted by Gasteiger charge is -2.17. The summed E-state index contributed by atoms with van der Waals surface area (Å²) >= 11 is 0. The second-order valence-electron chi connectivity index (χ2n) is 3.65. The molecule has 0 aromatic heterocycles. The smallest absolute Gasteiger partial charge is 0.156 e. The number of nitrogens with one attached hydrogen (secondary N) is 1. The van der Waals surface area contributed by atoms with Gasteiger partial charge in [-0.25, -0.2) is 0 Å². The van der Waals surface area contributed by atoms with Gasteiger partial charge in [-0.05, 0) is 12.8 Å². The zero-order chi connectivity index (χ0) is 8.27. The van der Waals surface area contributed by atoms with E-state index in [1.807, 2.05) is 0 Å². The van der Waals surface area contributed by atoms with Crippen molar-refractivity contribution in [2.24, 2.45) is 5.92 Å². The first-order chi connectivity index (χ1) is 5.22. The Bertz CT molecular complexity index is 140. The Morgan fingerprint density at radius 2 is 2.27 bits per heavy atom. The van der Waals surface area contributed by atoms with Crippen molar-refractivity contribution in [1.29, 1.82) is 0 Å². The van der Waals surface area contributed by atoms with Gasteiger partial charge in [-0.2, -0.15) is 0 Å². The maximum atomic E-state index is 2.39. The molecule has 1 heterocycles. The number of hydrogen-bond donors (Lipinski definition) is 1.